The lowest BCUT2D eigenvalue weighted by Crippen LogP contribution is -2.19. The second-order valence-corrected chi connectivity index (χ2v) is 5.72. The second-order valence-electron chi connectivity index (χ2n) is 5.72. The average molecular weight is 280 g/mol. The third-order valence-electron chi connectivity index (χ3n) is 4.50. The molecule has 0 N–H and O–H groups in total. The monoisotopic (exact) mass is 280 g/mol. The molecule has 0 bridgehead atoms. The Bertz CT molecular complexity index is 1080. The van der Waals surface area contributed by atoms with Gasteiger partial charge in [0.15, 0.2) is 12.4 Å². The molecule has 0 amide bonds. The van der Waals surface area contributed by atoms with Crippen molar-refractivity contribution >= 4 is 37.8 Å². The first-order valence-electron chi connectivity index (χ1n) is 7.55. The Morgan fingerprint density at radius 1 is 0.500 bits per heavy atom. The van der Waals surface area contributed by atoms with Crippen LogP contribution >= 0.6 is 0 Å². The quantitative estimate of drug-likeness (QED) is 0.216. The zero-order chi connectivity index (χ0) is 14.5. The molecule has 0 radical (unpaired) electrons. The van der Waals surface area contributed by atoms with E-state index in [1.165, 1.54) is 37.8 Å². The first kappa shape index (κ1) is 11.7. The first-order chi connectivity index (χ1) is 10.9. The van der Waals surface area contributed by atoms with Gasteiger partial charge < -0.3 is 0 Å². The molecule has 0 saturated carbocycles. The van der Waals surface area contributed by atoms with E-state index in [9.17, 15) is 0 Å². The van der Waals surface area contributed by atoms with E-state index in [0.717, 1.165) is 0 Å². The standard InChI is InChI=1S/C21H14N/c1-3-10-18-16(8-1)17-9-2-4-11-19(17)21-14-22-12-6-5-7-15(22)13-20(18)21/h1-14H/q+1. The van der Waals surface area contributed by atoms with Crippen molar-refractivity contribution in [3.63, 3.8) is 0 Å². The van der Waals surface area contributed by atoms with Crippen LogP contribution in [0.1, 0.15) is 0 Å². The van der Waals surface area contributed by atoms with Crippen molar-refractivity contribution in [1.29, 1.82) is 0 Å². The highest BCUT2D eigenvalue weighted by Gasteiger charge is 2.12. The van der Waals surface area contributed by atoms with Crippen molar-refractivity contribution < 1.29 is 4.40 Å². The number of hydrogen-bond donors (Lipinski definition) is 0. The summed E-state index contributed by atoms with van der Waals surface area (Å²) >= 11 is 0. The van der Waals surface area contributed by atoms with Gasteiger partial charge in [-0.1, -0.05) is 48.5 Å². The van der Waals surface area contributed by atoms with Crippen LogP contribution in [0.2, 0.25) is 0 Å². The normalized spacial score (nSPS) is 11.6. The number of benzene rings is 3. The lowest BCUT2D eigenvalue weighted by molar-refractivity contribution is -0.510. The lowest BCUT2D eigenvalue weighted by atomic mass is 9.95. The van der Waals surface area contributed by atoms with Gasteiger partial charge in [0, 0.05) is 23.6 Å². The molecule has 0 aliphatic carbocycles. The molecule has 1 heteroatoms. The van der Waals surface area contributed by atoms with E-state index in [1.54, 1.807) is 0 Å². The van der Waals surface area contributed by atoms with Crippen LogP contribution in [0.3, 0.4) is 0 Å². The molecule has 0 spiro atoms. The number of pyridine rings is 2. The van der Waals surface area contributed by atoms with E-state index in [2.05, 4.69) is 89.6 Å². The maximum absolute atomic E-state index is 2.30. The zero-order valence-corrected chi connectivity index (χ0v) is 12.0. The Morgan fingerprint density at radius 3 is 1.73 bits per heavy atom. The summed E-state index contributed by atoms with van der Waals surface area (Å²) in [5, 5.41) is 7.91. The fraction of sp³-hybridized carbons (Fsp3) is 0. The van der Waals surface area contributed by atoms with Crippen molar-refractivity contribution in [2.45, 2.75) is 0 Å². The molecular weight excluding hydrogens is 266 g/mol. The minimum absolute atomic E-state index is 1.22. The lowest BCUT2D eigenvalue weighted by Gasteiger charge is -2.08. The molecule has 0 fully saturated rings. The molecule has 1 nitrogen and oxygen atoms in total. The number of rotatable bonds is 0. The van der Waals surface area contributed by atoms with Crippen LogP contribution in [0.4, 0.5) is 0 Å². The smallest absolute Gasteiger partial charge is 0.167 e. The Morgan fingerprint density at radius 2 is 1.05 bits per heavy atom. The minimum Gasteiger partial charge on any atom is -0.167 e. The van der Waals surface area contributed by atoms with Crippen LogP contribution in [0, 0.1) is 0 Å². The third-order valence-corrected chi connectivity index (χ3v) is 4.50. The molecule has 0 saturated heterocycles. The van der Waals surface area contributed by atoms with E-state index >= 15 is 0 Å². The molecule has 102 valence electrons. The van der Waals surface area contributed by atoms with Crippen LogP contribution in [0.25, 0.3) is 37.8 Å². The van der Waals surface area contributed by atoms with Gasteiger partial charge in [-0.05, 0) is 27.6 Å². The highest BCUT2D eigenvalue weighted by molar-refractivity contribution is 6.25. The Kier molecular flexibility index (Phi) is 2.28. The maximum atomic E-state index is 2.30. The van der Waals surface area contributed by atoms with Gasteiger partial charge in [-0.15, -0.1) is 0 Å². The summed E-state index contributed by atoms with van der Waals surface area (Å²) < 4.78 is 2.20. The summed E-state index contributed by atoms with van der Waals surface area (Å²) in [4.78, 5) is 0. The second kappa shape index (κ2) is 4.28. The molecule has 2 heterocycles. The van der Waals surface area contributed by atoms with Crippen LogP contribution in [0.5, 0.6) is 0 Å². The van der Waals surface area contributed by atoms with Gasteiger partial charge in [0.1, 0.15) is 0 Å². The molecule has 0 aliphatic rings. The summed E-state index contributed by atoms with van der Waals surface area (Å²) in [5.74, 6) is 0. The summed E-state index contributed by atoms with van der Waals surface area (Å²) in [6.45, 7) is 0. The number of nitrogens with zero attached hydrogens (tertiary/aromatic N) is 1. The van der Waals surface area contributed by atoms with Gasteiger partial charge in [-0.25, -0.2) is 0 Å². The highest BCUT2D eigenvalue weighted by atomic mass is 14.8. The van der Waals surface area contributed by atoms with Crippen LogP contribution in [0.15, 0.2) is 85.2 Å². The van der Waals surface area contributed by atoms with Gasteiger partial charge in [0.05, 0.1) is 5.39 Å². The van der Waals surface area contributed by atoms with Gasteiger partial charge in [0.25, 0.3) is 0 Å². The average Bonchev–Trinajstić information content (AvgIpc) is 2.61. The van der Waals surface area contributed by atoms with E-state index < -0.39 is 0 Å². The molecular formula is C21H14N+. The Balaban J connectivity index is 2.17. The molecule has 22 heavy (non-hydrogen) atoms. The topological polar surface area (TPSA) is 4.10 Å². The molecule has 0 unspecified atom stereocenters. The van der Waals surface area contributed by atoms with Crippen LogP contribution < -0.4 is 4.40 Å². The number of fused-ring (bicyclic) bond motifs is 7. The molecule has 3 aromatic carbocycles. The summed E-state index contributed by atoms with van der Waals surface area (Å²) in [6, 6.07) is 26.0. The highest BCUT2D eigenvalue weighted by Crippen LogP contribution is 2.34. The van der Waals surface area contributed by atoms with Crippen molar-refractivity contribution in [2.75, 3.05) is 0 Å². The SMILES string of the molecule is c1ccc2c(c1)c1ccccc1c1c[n+]3ccccc3cc21. The predicted octanol–water partition coefficient (Wildman–Crippen LogP) is 4.88. The summed E-state index contributed by atoms with van der Waals surface area (Å²) in [6.07, 6.45) is 4.36. The van der Waals surface area contributed by atoms with Crippen molar-refractivity contribution in [3.8, 4) is 0 Å². The van der Waals surface area contributed by atoms with Crippen LogP contribution in [-0.4, -0.2) is 0 Å². The fourth-order valence-corrected chi connectivity index (χ4v) is 3.49. The Hall–Kier alpha value is -2.93. The number of aromatic nitrogens is 1. The van der Waals surface area contributed by atoms with Crippen molar-refractivity contribution in [3.05, 3.63) is 85.2 Å². The van der Waals surface area contributed by atoms with Gasteiger partial charge in [0.2, 0.25) is 5.52 Å². The van der Waals surface area contributed by atoms with Gasteiger partial charge in [-0.3, -0.25) is 0 Å². The molecule has 2 aromatic heterocycles. The first-order valence-corrected chi connectivity index (χ1v) is 7.55. The van der Waals surface area contributed by atoms with E-state index in [1.807, 2.05) is 0 Å². The Labute approximate surface area is 128 Å². The van der Waals surface area contributed by atoms with Crippen LogP contribution in [-0.2, 0) is 0 Å². The van der Waals surface area contributed by atoms with Crippen molar-refractivity contribution in [2.24, 2.45) is 0 Å². The fourth-order valence-electron chi connectivity index (χ4n) is 3.49. The van der Waals surface area contributed by atoms with Gasteiger partial charge >= 0.3 is 0 Å². The van der Waals surface area contributed by atoms with E-state index in [4.69, 9.17) is 0 Å². The van der Waals surface area contributed by atoms with Crippen molar-refractivity contribution in [1.82, 2.24) is 0 Å². The minimum atomic E-state index is 1.22. The van der Waals surface area contributed by atoms with E-state index in [0.29, 0.717) is 0 Å². The molecule has 0 atom stereocenters. The third kappa shape index (κ3) is 1.51. The summed E-state index contributed by atoms with van der Waals surface area (Å²) in [5.41, 5.74) is 1.22. The van der Waals surface area contributed by atoms with E-state index in [-0.39, 0.29) is 0 Å². The van der Waals surface area contributed by atoms with Gasteiger partial charge in [-0.2, -0.15) is 4.40 Å². The molecule has 5 rings (SSSR count). The molecule has 0 aliphatic heterocycles. The summed E-state index contributed by atoms with van der Waals surface area (Å²) in [7, 11) is 0. The predicted molar refractivity (Wildman–Crippen MR) is 92.1 cm³/mol. The zero-order valence-electron chi connectivity index (χ0n) is 12.0. The molecule has 5 aromatic rings. The largest absolute Gasteiger partial charge is 0.211 e. The maximum Gasteiger partial charge on any atom is 0.211 e. The number of hydrogen-bond acceptors (Lipinski definition) is 0.